The highest BCUT2D eigenvalue weighted by molar-refractivity contribution is 5.91. The second kappa shape index (κ2) is 4.42. The van der Waals surface area contributed by atoms with Crippen molar-refractivity contribution in [1.29, 1.82) is 0 Å². The quantitative estimate of drug-likeness (QED) is 0.843. The largest absolute Gasteiger partial charge is 0.478 e. The highest BCUT2D eigenvalue weighted by atomic mass is 19.4. The van der Waals surface area contributed by atoms with E-state index in [9.17, 15) is 18.0 Å². The Morgan fingerprint density at radius 1 is 1.44 bits per heavy atom. The highest BCUT2D eigenvalue weighted by Gasteiger charge is 2.35. The van der Waals surface area contributed by atoms with E-state index in [-0.39, 0.29) is 0 Å². The minimum absolute atomic E-state index is 0.355. The van der Waals surface area contributed by atoms with Crippen LogP contribution in [0.3, 0.4) is 0 Å². The molecule has 0 saturated carbocycles. The Balaban J connectivity index is 3.25. The Bertz CT molecular complexity index is 402. The summed E-state index contributed by atoms with van der Waals surface area (Å²) in [7, 11) is 0. The molecule has 16 heavy (non-hydrogen) atoms. The van der Waals surface area contributed by atoms with E-state index >= 15 is 0 Å². The van der Waals surface area contributed by atoms with Crippen molar-refractivity contribution in [2.24, 2.45) is 0 Å². The fourth-order valence-electron chi connectivity index (χ4n) is 1.28. The number of halogens is 3. The zero-order valence-electron chi connectivity index (χ0n) is 8.43. The molecule has 0 amide bonds. The summed E-state index contributed by atoms with van der Waals surface area (Å²) in [5.74, 6) is -1.59. The van der Waals surface area contributed by atoms with Gasteiger partial charge in [0.1, 0.15) is 0 Å². The Hall–Kier alpha value is -1.72. The molecule has 0 aliphatic rings. The molecule has 0 aromatic heterocycles. The second-order valence-corrected chi connectivity index (χ2v) is 3.09. The number of benzene rings is 1. The monoisotopic (exact) mass is 233 g/mol. The van der Waals surface area contributed by atoms with Crippen LogP contribution >= 0.6 is 0 Å². The predicted molar refractivity (Wildman–Crippen MR) is 52.6 cm³/mol. The molecular formula is C10H10F3NO2. The topological polar surface area (TPSA) is 49.3 Å². The number of nitrogens with one attached hydrogen (secondary N) is 1. The number of rotatable bonds is 3. The fraction of sp³-hybridized carbons (Fsp3) is 0.300. The van der Waals surface area contributed by atoms with Crippen LogP contribution in [0.25, 0.3) is 0 Å². The highest BCUT2D eigenvalue weighted by Crippen LogP contribution is 2.33. The number of carboxylic acids is 1. The van der Waals surface area contributed by atoms with Crippen LogP contribution in [0.1, 0.15) is 22.8 Å². The first-order valence-electron chi connectivity index (χ1n) is 4.54. The summed E-state index contributed by atoms with van der Waals surface area (Å²) in [4.78, 5) is 10.7. The molecule has 1 rings (SSSR count). The molecule has 2 N–H and O–H groups in total. The van der Waals surface area contributed by atoms with Crippen LogP contribution in [-0.2, 0) is 6.18 Å². The number of hydrogen-bond donors (Lipinski definition) is 2. The van der Waals surface area contributed by atoms with Crippen LogP contribution in [0.15, 0.2) is 18.2 Å². The number of carboxylic acid groups (broad SMARTS) is 1. The van der Waals surface area contributed by atoms with Gasteiger partial charge in [-0.05, 0) is 25.1 Å². The molecule has 1 aromatic carbocycles. The molecule has 0 bridgehead atoms. The average Bonchev–Trinajstić information content (AvgIpc) is 2.16. The standard InChI is InChI=1S/C10H10F3NO2/c1-2-14-6-3-4-8(10(11,12)13)7(5-6)9(15)16/h3-5,14H,2H2,1H3,(H,15,16). The molecule has 0 spiro atoms. The molecule has 0 radical (unpaired) electrons. The predicted octanol–water partition coefficient (Wildman–Crippen LogP) is 2.84. The van der Waals surface area contributed by atoms with Gasteiger partial charge < -0.3 is 10.4 Å². The number of hydrogen-bond acceptors (Lipinski definition) is 2. The number of anilines is 1. The average molecular weight is 233 g/mol. The lowest BCUT2D eigenvalue weighted by Gasteiger charge is -2.12. The van der Waals surface area contributed by atoms with E-state index < -0.39 is 23.3 Å². The Morgan fingerprint density at radius 3 is 2.50 bits per heavy atom. The van der Waals surface area contributed by atoms with Gasteiger partial charge in [-0.1, -0.05) is 0 Å². The zero-order valence-corrected chi connectivity index (χ0v) is 8.43. The van der Waals surface area contributed by atoms with Gasteiger partial charge in [0, 0.05) is 12.2 Å². The van der Waals surface area contributed by atoms with E-state index in [2.05, 4.69) is 5.32 Å². The van der Waals surface area contributed by atoms with E-state index in [1.807, 2.05) is 0 Å². The van der Waals surface area contributed by atoms with Crippen molar-refractivity contribution in [2.75, 3.05) is 11.9 Å². The molecule has 0 atom stereocenters. The summed E-state index contributed by atoms with van der Waals surface area (Å²) in [6, 6.07) is 2.95. The van der Waals surface area contributed by atoms with E-state index in [0.717, 1.165) is 12.1 Å². The minimum atomic E-state index is -4.65. The summed E-state index contributed by atoms with van der Waals surface area (Å²) in [6.45, 7) is 2.27. The molecule has 0 heterocycles. The molecule has 0 fully saturated rings. The molecule has 3 nitrogen and oxygen atoms in total. The number of alkyl halides is 3. The van der Waals surface area contributed by atoms with Crippen LogP contribution in [0, 0.1) is 0 Å². The lowest BCUT2D eigenvalue weighted by atomic mass is 10.1. The minimum Gasteiger partial charge on any atom is -0.478 e. The Kier molecular flexibility index (Phi) is 3.41. The van der Waals surface area contributed by atoms with Crippen LogP contribution in [0.5, 0.6) is 0 Å². The van der Waals surface area contributed by atoms with Crippen LogP contribution in [0.4, 0.5) is 18.9 Å². The van der Waals surface area contributed by atoms with E-state index in [1.54, 1.807) is 6.92 Å². The van der Waals surface area contributed by atoms with Crippen molar-refractivity contribution >= 4 is 11.7 Å². The van der Waals surface area contributed by atoms with Gasteiger partial charge >= 0.3 is 12.1 Å². The summed E-state index contributed by atoms with van der Waals surface area (Å²) in [5, 5.41) is 11.4. The lowest BCUT2D eigenvalue weighted by Crippen LogP contribution is -2.13. The number of carbonyl (C=O) groups is 1. The summed E-state index contributed by atoms with van der Waals surface area (Å²) in [6.07, 6.45) is -4.65. The lowest BCUT2D eigenvalue weighted by molar-refractivity contribution is -0.138. The van der Waals surface area contributed by atoms with Gasteiger partial charge in [-0.25, -0.2) is 4.79 Å². The van der Waals surface area contributed by atoms with Crippen molar-refractivity contribution < 1.29 is 23.1 Å². The molecule has 1 aromatic rings. The molecule has 6 heteroatoms. The first-order chi connectivity index (χ1) is 7.36. The van der Waals surface area contributed by atoms with Gasteiger partial charge in [0.05, 0.1) is 11.1 Å². The van der Waals surface area contributed by atoms with E-state index in [1.165, 1.54) is 6.07 Å². The number of aromatic carboxylic acids is 1. The summed E-state index contributed by atoms with van der Waals surface area (Å²) >= 11 is 0. The smallest absolute Gasteiger partial charge is 0.417 e. The Morgan fingerprint density at radius 2 is 2.06 bits per heavy atom. The SMILES string of the molecule is CCNc1ccc(C(F)(F)F)c(C(=O)O)c1. The van der Waals surface area contributed by atoms with Crippen molar-refractivity contribution in [3.05, 3.63) is 29.3 Å². The second-order valence-electron chi connectivity index (χ2n) is 3.09. The van der Waals surface area contributed by atoms with Gasteiger partial charge in [-0.3, -0.25) is 0 Å². The molecule has 88 valence electrons. The van der Waals surface area contributed by atoms with Crippen LogP contribution in [0.2, 0.25) is 0 Å². The van der Waals surface area contributed by atoms with Gasteiger partial charge in [0.2, 0.25) is 0 Å². The van der Waals surface area contributed by atoms with Crippen molar-refractivity contribution in [2.45, 2.75) is 13.1 Å². The maximum Gasteiger partial charge on any atom is 0.417 e. The molecule has 0 saturated heterocycles. The fourth-order valence-corrected chi connectivity index (χ4v) is 1.28. The third-order valence-corrected chi connectivity index (χ3v) is 1.94. The van der Waals surface area contributed by atoms with Crippen molar-refractivity contribution in [1.82, 2.24) is 0 Å². The zero-order chi connectivity index (χ0) is 12.3. The van der Waals surface area contributed by atoms with E-state index in [4.69, 9.17) is 5.11 Å². The van der Waals surface area contributed by atoms with Gasteiger partial charge in [-0.15, -0.1) is 0 Å². The molecular weight excluding hydrogens is 223 g/mol. The van der Waals surface area contributed by atoms with E-state index in [0.29, 0.717) is 12.2 Å². The van der Waals surface area contributed by atoms with Crippen molar-refractivity contribution in [3.8, 4) is 0 Å². The first kappa shape index (κ1) is 12.4. The van der Waals surface area contributed by atoms with Gasteiger partial charge in [-0.2, -0.15) is 13.2 Å². The summed E-state index contributed by atoms with van der Waals surface area (Å²) < 4.78 is 37.3. The summed E-state index contributed by atoms with van der Waals surface area (Å²) in [5.41, 5.74) is -1.53. The molecule has 0 unspecified atom stereocenters. The first-order valence-corrected chi connectivity index (χ1v) is 4.54. The van der Waals surface area contributed by atoms with Gasteiger partial charge in [0.15, 0.2) is 0 Å². The maximum absolute atomic E-state index is 12.4. The Labute approximate surface area is 89.9 Å². The third-order valence-electron chi connectivity index (χ3n) is 1.94. The third kappa shape index (κ3) is 2.65. The normalized spacial score (nSPS) is 11.2. The maximum atomic E-state index is 12.4. The van der Waals surface area contributed by atoms with Crippen molar-refractivity contribution in [3.63, 3.8) is 0 Å². The van der Waals surface area contributed by atoms with Crippen LogP contribution in [-0.4, -0.2) is 17.6 Å². The van der Waals surface area contributed by atoms with Crippen LogP contribution < -0.4 is 5.32 Å². The van der Waals surface area contributed by atoms with Gasteiger partial charge in [0.25, 0.3) is 0 Å². The molecule has 0 aliphatic heterocycles. The molecule has 0 aliphatic carbocycles.